The maximum absolute atomic E-state index is 13.0. The van der Waals surface area contributed by atoms with Crippen molar-refractivity contribution in [2.24, 2.45) is 11.7 Å². The molecule has 2 fully saturated rings. The molecule has 2 aromatic heterocycles. The zero-order chi connectivity index (χ0) is 21.5. The Morgan fingerprint density at radius 2 is 2.06 bits per heavy atom. The zero-order valence-electron chi connectivity index (χ0n) is 17.5. The van der Waals surface area contributed by atoms with Gasteiger partial charge in [0.1, 0.15) is 11.4 Å². The Hall–Kier alpha value is -3.35. The fourth-order valence-corrected chi connectivity index (χ4v) is 5.27. The molecule has 1 saturated heterocycles. The number of anilines is 1. The summed E-state index contributed by atoms with van der Waals surface area (Å²) in [5, 5.41) is 4.26. The number of hydrogen-bond acceptors (Lipinski definition) is 5. The Kier molecular flexibility index (Phi) is 4.88. The van der Waals surface area contributed by atoms with Gasteiger partial charge in [-0.2, -0.15) is 0 Å². The highest BCUT2D eigenvalue weighted by molar-refractivity contribution is 6.00. The first-order chi connectivity index (χ1) is 15.0. The fraction of sp³-hybridized carbons (Fsp3) is 0.375. The third-order valence-corrected chi connectivity index (χ3v) is 6.81. The van der Waals surface area contributed by atoms with Crippen LogP contribution in [0.5, 0.6) is 0 Å². The van der Waals surface area contributed by atoms with Crippen LogP contribution in [0.2, 0.25) is 0 Å². The molecule has 2 amide bonds. The van der Waals surface area contributed by atoms with Crippen LogP contribution in [0, 0.1) is 12.8 Å². The van der Waals surface area contributed by atoms with Crippen molar-refractivity contribution in [2.75, 3.05) is 11.4 Å². The molecule has 7 nitrogen and oxygen atoms in total. The number of nitrogens with zero attached hydrogens (tertiary/aromatic N) is 2. The van der Waals surface area contributed by atoms with Crippen LogP contribution < -0.4 is 16.0 Å². The van der Waals surface area contributed by atoms with Gasteiger partial charge in [0.2, 0.25) is 5.91 Å². The van der Waals surface area contributed by atoms with Crippen molar-refractivity contribution in [3.63, 3.8) is 0 Å². The molecule has 31 heavy (non-hydrogen) atoms. The molecular weight excluding hydrogens is 392 g/mol. The van der Waals surface area contributed by atoms with E-state index in [1.54, 1.807) is 18.5 Å². The second-order valence-electron chi connectivity index (χ2n) is 8.65. The highest BCUT2D eigenvalue weighted by atomic mass is 16.3. The number of aryl methyl sites for hydroxylation is 1. The minimum atomic E-state index is -0.470. The molecule has 3 heterocycles. The van der Waals surface area contributed by atoms with Crippen molar-refractivity contribution < 1.29 is 14.0 Å². The van der Waals surface area contributed by atoms with Crippen molar-refractivity contribution in [3.05, 3.63) is 59.5 Å². The Bertz CT molecular complexity index is 1140. The van der Waals surface area contributed by atoms with Gasteiger partial charge in [0.05, 0.1) is 11.8 Å². The van der Waals surface area contributed by atoms with Crippen LogP contribution in [0.15, 0.2) is 47.2 Å². The number of benzene rings is 1. The largest absolute Gasteiger partial charge is 0.464 e. The molecule has 160 valence electrons. The number of pyridine rings is 1. The summed E-state index contributed by atoms with van der Waals surface area (Å²) in [6.07, 6.45) is 7.30. The van der Waals surface area contributed by atoms with E-state index >= 15 is 0 Å². The van der Waals surface area contributed by atoms with E-state index in [-0.39, 0.29) is 11.9 Å². The van der Waals surface area contributed by atoms with Gasteiger partial charge in [-0.05, 0) is 62.8 Å². The van der Waals surface area contributed by atoms with E-state index in [1.807, 2.05) is 31.2 Å². The first kappa shape index (κ1) is 19.6. The Balaban J connectivity index is 1.31. The van der Waals surface area contributed by atoms with E-state index in [1.165, 1.54) is 0 Å². The topological polar surface area (TPSA) is 101 Å². The minimum absolute atomic E-state index is 0.0464. The molecular formula is C24H26N4O3. The van der Waals surface area contributed by atoms with Gasteiger partial charge in [-0.15, -0.1) is 0 Å². The predicted molar refractivity (Wildman–Crippen MR) is 118 cm³/mol. The van der Waals surface area contributed by atoms with Crippen molar-refractivity contribution in [1.29, 1.82) is 0 Å². The summed E-state index contributed by atoms with van der Waals surface area (Å²) >= 11 is 0. The van der Waals surface area contributed by atoms with Gasteiger partial charge in [-0.25, -0.2) is 4.98 Å². The van der Waals surface area contributed by atoms with Gasteiger partial charge < -0.3 is 20.4 Å². The highest BCUT2D eigenvalue weighted by Gasteiger charge is 2.41. The molecule has 0 spiro atoms. The van der Waals surface area contributed by atoms with Crippen LogP contribution in [0.4, 0.5) is 5.82 Å². The summed E-state index contributed by atoms with van der Waals surface area (Å²) in [5.41, 5.74) is 8.06. The molecule has 1 saturated carbocycles. The number of hydrogen-bond donors (Lipinski definition) is 2. The second kappa shape index (κ2) is 7.72. The first-order valence-corrected chi connectivity index (χ1v) is 10.8. The highest BCUT2D eigenvalue weighted by Crippen LogP contribution is 2.39. The lowest BCUT2D eigenvalue weighted by atomic mass is 9.92. The van der Waals surface area contributed by atoms with Crippen LogP contribution in [-0.2, 0) is 0 Å². The number of nitrogens with two attached hydrogens (primary N) is 1. The van der Waals surface area contributed by atoms with E-state index in [0.717, 1.165) is 54.6 Å². The summed E-state index contributed by atoms with van der Waals surface area (Å²) in [6, 6.07) is 9.77. The third-order valence-electron chi connectivity index (χ3n) is 6.81. The molecule has 2 aliphatic rings. The number of carbonyl (C=O) groups is 2. The molecule has 3 atom stereocenters. The molecule has 1 aliphatic heterocycles. The van der Waals surface area contributed by atoms with Gasteiger partial charge >= 0.3 is 0 Å². The normalized spacial score (nSPS) is 23.0. The molecule has 1 aliphatic carbocycles. The van der Waals surface area contributed by atoms with Crippen LogP contribution in [0.1, 0.15) is 52.0 Å². The molecule has 0 bridgehead atoms. The average Bonchev–Trinajstić information content (AvgIpc) is 3.40. The number of primary amides is 1. The summed E-state index contributed by atoms with van der Waals surface area (Å²) in [4.78, 5) is 31.2. The van der Waals surface area contributed by atoms with E-state index in [0.29, 0.717) is 23.1 Å². The average molecular weight is 418 g/mol. The number of nitrogens with one attached hydrogen (secondary N) is 1. The smallest absolute Gasteiger partial charge is 0.251 e. The molecule has 5 rings (SSSR count). The predicted octanol–water partition coefficient (Wildman–Crippen LogP) is 3.41. The SMILES string of the molecule is Cc1c(C(=O)NC2CC3CCCN(c4ccc(C(N)=O)cn4)C3C2)ccc2ccoc12. The van der Waals surface area contributed by atoms with Crippen LogP contribution >= 0.6 is 0 Å². The Labute approximate surface area is 180 Å². The van der Waals surface area contributed by atoms with Gasteiger partial charge in [0, 0.05) is 41.3 Å². The number of furan rings is 1. The zero-order valence-corrected chi connectivity index (χ0v) is 17.5. The molecule has 3 N–H and O–H groups in total. The summed E-state index contributed by atoms with van der Waals surface area (Å²) in [6.45, 7) is 2.86. The molecule has 3 unspecified atom stereocenters. The minimum Gasteiger partial charge on any atom is -0.464 e. The summed E-state index contributed by atoms with van der Waals surface area (Å²) in [7, 11) is 0. The van der Waals surface area contributed by atoms with E-state index in [4.69, 9.17) is 10.2 Å². The van der Waals surface area contributed by atoms with E-state index < -0.39 is 5.91 Å². The maximum Gasteiger partial charge on any atom is 0.251 e. The molecule has 1 aromatic carbocycles. The van der Waals surface area contributed by atoms with Crippen molar-refractivity contribution >= 4 is 28.6 Å². The van der Waals surface area contributed by atoms with Crippen molar-refractivity contribution in [1.82, 2.24) is 10.3 Å². The summed E-state index contributed by atoms with van der Waals surface area (Å²) in [5.74, 6) is 0.869. The number of aromatic nitrogens is 1. The standard InChI is InChI=1S/C24H26N4O3/c1-14-19(6-4-15-8-10-31-22(14)15)24(30)27-18-11-16-3-2-9-28(20(16)12-18)21-7-5-17(13-26-21)23(25)29/h4-8,10,13,16,18,20H,2-3,9,11-12H2,1H3,(H2,25,29)(H,27,30). The van der Waals surface area contributed by atoms with Crippen LogP contribution in [-0.4, -0.2) is 35.4 Å². The number of piperidine rings is 1. The van der Waals surface area contributed by atoms with Gasteiger partial charge in [0.25, 0.3) is 5.91 Å². The lowest BCUT2D eigenvalue weighted by Gasteiger charge is -2.38. The lowest BCUT2D eigenvalue weighted by molar-refractivity contribution is 0.0935. The first-order valence-electron chi connectivity index (χ1n) is 10.8. The third kappa shape index (κ3) is 3.54. The number of amides is 2. The second-order valence-corrected chi connectivity index (χ2v) is 8.65. The monoisotopic (exact) mass is 418 g/mol. The maximum atomic E-state index is 13.0. The summed E-state index contributed by atoms with van der Waals surface area (Å²) < 4.78 is 5.55. The number of rotatable bonds is 4. The Morgan fingerprint density at radius 3 is 2.84 bits per heavy atom. The van der Waals surface area contributed by atoms with Gasteiger partial charge in [0.15, 0.2) is 0 Å². The van der Waals surface area contributed by atoms with Gasteiger partial charge in [-0.1, -0.05) is 6.07 Å². The van der Waals surface area contributed by atoms with Crippen LogP contribution in [0.3, 0.4) is 0 Å². The van der Waals surface area contributed by atoms with Crippen LogP contribution in [0.25, 0.3) is 11.0 Å². The van der Waals surface area contributed by atoms with E-state index in [9.17, 15) is 9.59 Å². The van der Waals surface area contributed by atoms with E-state index in [2.05, 4.69) is 15.2 Å². The quantitative estimate of drug-likeness (QED) is 0.676. The number of carbonyl (C=O) groups excluding carboxylic acids is 2. The lowest BCUT2D eigenvalue weighted by Crippen LogP contribution is -2.43. The molecule has 0 radical (unpaired) electrons. The molecule has 3 aromatic rings. The number of fused-ring (bicyclic) bond motifs is 2. The molecule has 7 heteroatoms. The fourth-order valence-electron chi connectivity index (χ4n) is 5.27. The Morgan fingerprint density at radius 1 is 1.19 bits per heavy atom. The van der Waals surface area contributed by atoms with Crippen molar-refractivity contribution in [3.8, 4) is 0 Å². The van der Waals surface area contributed by atoms with Gasteiger partial charge in [-0.3, -0.25) is 9.59 Å². The van der Waals surface area contributed by atoms with Crippen molar-refractivity contribution in [2.45, 2.75) is 44.7 Å².